The van der Waals surface area contributed by atoms with Crippen molar-refractivity contribution in [2.75, 3.05) is 5.32 Å². The van der Waals surface area contributed by atoms with Gasteiger partial charge in [0.2, 0.25) is 0 Å². The fraction of sp³-hybridized carbons (Fsp3) is 0.308. The molecule has 1 N–H and O–H groups in total. The van der Waals surface area contributed by atoms with Crippen LogP contribution in [0.4, 0.5) is 5.69 Å². The van der Waals surface area contributed by atoms with Crippen LogP contribution in [0.25, 0.3) is 0 Å². The Morgan fingerprint density at radius 3 is 2.88 bits per heavy atom. The number of anilines is 1. The molecule has 0 amide bonds. The number of nitrogens with zero attached hydrogens (tertiary/aromatic N) is 1. The molecule has 1 rings (SSSR count). The number of halogens is 1. The maximum atomic E-state index is 8.98. The highest BCUT2D eigenvalue weighted by Crippen LogP contribution is 2.22. The maximum Gasteiger partial charge on any atom is 0.101 e. The van der Waals surface area contributed by atoms with E-state index < -0.39 is 0 Å². The fourth-order valence-corrected chi connectivity index (χ4v) is 1.75. The zero-order valence-electron chi connectivity index (χ0n) is 9.13. The normalized spacial score (nSPS) is 11.2. The van der Waals surface area contributed by atoms with Crippen LogP contribution in [0.1, 0.15) is 25.3 Å². The summed E-state index contributed by atoms with van der Waals surface area (Å²) in [6.07, 6.45) is 6.89. The highest BCUT2D eigenvalue weighted by Gasteiger charge is 2.08. The predicted molar refractivity (Wildman–Crippen MR) is 70.0 cm³/mol. The number of terminal acetylenes is 1. The molecule has 1 aromatic carbocycles. The van der Waals surface area contributed by atoms with Crippen LogP contribution in [-0.2, 0) is 0 Å². The summed E-state index contributed by atoms with van der Waals surface area (Å²) in [7, 11) is 0. The van der Waals surface area contributed by atoms with Gasteiger partial charge < -0.3 is 5.32 Å². The molecule has 0 aliphatic rings. The van der Waals surface area contributed by atoms with Gasteiger partial charge in [-0.3, -0.25) is 0 Å². The fourth-order valence-electron chi connectivity index (χ4n) is 1.39. The van der Waals surface area contributed by atoms with E-state index in [1.165, 1.54) is 0 Å². The smallest absolute Gasteiger partial charge is 0.101 e. The van der Waals surface area contributed by atoms with Gasteiger partial charge in [0.25, 0.3) is 0 Å². The van der Waals surface area contributed by atoms with E-state index in [9.17, 15) is 0 Å². The Kier molecular flexibility index (Phi) is 4.89. The molecule has 16 heavy (non-hydrogen) atoms. The summed E-state index contributed by atoms with van der Waals surface area (Å²) in [5.74, 6) is 2.63. The van der Waals surface area contributed by atoms with Crippen LogP contribution in [-0.4, -0.2) is 6.04 Å². The second-order valence-electron chi connectivity index (χ2n) is 3.46. The number of hydrogen-bond acceptors (Lipinski definition) is 2. The highest BCUT2D eigenvalue weighted by molar-refractivity contribution is 9.10. The number of rotatable bonds is 4. The SMILES string of the molecule is C#CCC(CC)Nc1cc(Br)ccc1C#N. The van der Waals surface area contributed by atoms with Crippen molar-refractivity contribution in [3.8, 4) is 18.4 Å². The summed E-state index contributed by atoms with van der Waals surface area (Å²) in [5, 5.41) is 12.3. The topological polar surface area (TPSA) is 35.8 Å². The van der Waals surface area contributed by atoms with Crippen LogP contribution in [0.2, 0.25) is 0 Å². The molecule has 0 aromatic heterocycles. The van der Waals surface area contributed by atoms with Crippen molar-refractivity contribution in [2.24, 2.45) is 0 Å². The Balaban J connectivity index is 2.91. The van der Waals surface area contributed by atoms with E-state index in [1.54, 1.807) is 6.07 Å². The molecule has 1 unspecified atom stereocenters. The third kappa shape index (κ3) is 3.29. The minimum Gasteiger partial charge on any atom is -0.380 e. The number of hydrogen-bond donors (Lipinski definition) is 1. The molecule has 3 heteroatoms. The van der Waals surface area contributed by atoms with Gasteiger partial charge in [0.1, 0.15) is 6.07 Å². The van der Waals surface area contributed by atoms with Crippen molar-refractivity contribution in [1.82, 2.24) is 0 Å². The standard InChI is InChI=1S/C13H13BrN2/c1-3-5-12(4-2)16-13-8-11(14)7-6-10(13)9-15/h1,6-8,12,16H,4-5H2,2H3. The first-order valence-corrected chi connectivity index (χ1v) is 5.90. The van der Waals surface area contributed by atoms with Crippen molar-refractivity contribution >= 4 is 21.6 Å². The van der Waals surface area contributed by atoms with Gasteiger partial charge in [0.15, 0.2) is 0 Å². The Morgan fingerprint density at radius 1 is 1.56 bits per heavy atom. The minimum atomic E-state index is 0.214. The molecule has 0 aliphatic heterocycles. The highest BCUT2D eigenvalue weighted by atomic mass is 79.9. The van der Waals surface area contributed by atoms with Gasteiger partial charge in [-0.05, 0) is 24.6 Å². The zero-order valence-corrected chi connectivity index (χ0v) is 10.7. The van der Waals surface area contributed by atoms with Gasteiger partial charge in [-0.1, -0.05) is 22.9 Å². The van der Waals surface area contributed by atoms with Crippen molar-refractivity contribution in [3.05, 3.63) is 28.2 Å². The van der Waals surface area contributed by atoms with Gasteiger partial charge in [0, 0.05) is 16.9 Å². The van der Waals surface area contributed by atoms with E-state index in [0.717, 1.165) is 16.6 Å². The van der Waals surface area contributed by atoms with Gasteiger partial charge in [0.05, 0.1) is 11.3 Å². The maximum absolute atomic E-state index is 8.98. The average Bonchev–Trinajstić information content (AvgIpc) is 2.29. The van der Waals surface area contributed by atoms with Crippen LogP contribution in [0.5, 0.6) is 0 Å². The lowest BCUT2D eigenvalue weighted by Gasteiger charge is -2.16. The lowest BCUT2D eigenvalue weighted by atomic mass is 10.1. The van der Waals surface area contributed by atoms with Gasteiger partial charge >= 0.3 is 0 Å². The Hall–Kier alpha value is -1.45. The Morgan fingerprint density at radius 2 is 2.31 bits per heavy atom. The molecular weight excluding hydrogens is 264 g/mol. The molecule has 2 nitrogen and oxygen atoms in total. The number of nitriles is 1. The first-order chi connectivity index (χ1) is 7.71. The summed E-state index contributed by atoms with van der Waals surface area (Å²) >= 11 is 3.39. The monoisotopic (exact) mass is 276 g/mol. The molecule has 0 spiro atoms. The van der Waals surface area contributed by atoms with Crippen molar-refractivity contribution in [1.29, 1.82) is 5.26 Å². The molecule has 0 radical (unpaired) electrons. The second-order valence-corrected chi connectivity index (χ2v) is 4.38. The largest absolute Gasteiger partial charge is 0.380 e. The number of benzene rings is 1. The lowest BCUT2D eigenvalue weighted by Crippen LogP contribution is -2.18. The quantitative estimate of drug-likeness (QED) is 0.854. The zero-order chi connectivity index (χ0) is 12.0. The van der Waals surface area contributed by atoms with E-state index in [4.69, 9.17) is 11.7 Å². The summed E-state index contributed by atoms with van der Waals surface area (Å²) in [6, 6.07) is 7.91. The third-order valence-electron chi connectivity index (χ3n) is 2.32. The molecule has 82 valence electrons. The molecule has 0 bridgehead atoms. The second kappa shape index (κ2) is 6.20. The lowest BCUT2D eigenvalue weighted by molar-refractivity contribution is 0.715. The van der Waals surface area contributed by atoms with Crippen LogP contribution < -0.4 is 5.32 Å². The molecule has 0 saturated carbocycles. The van der Waals surface area contributed by atoms with Crippen LogP contribution in [0.15, 0.2) is 22.7 Å². The number of nitrogens with one attached hydrogen (secondary N) is 1. The Bertz CT molecular complexity index is 440. The van der Waals surface area contributed by atoms with Crippen LogP contribution in [0.3, 0.4) is 0 Å². The molecule has 0 fully saturated rings. The summed E-state index contributed by atoms with van der Waals surface area (Å²) in [6.45, 7) is 2.07. The first kappa shape index (κ1) is 12.6. The minimum absolute atomic E-state index is 0.214. The van der Waals surface area contributed by atoms with E-state index in [0.29, 0.717) is 12.0 Å². The third-order valence-corrected chi connectivity index (χ3v) is 2.81. The molecule has 1 aromatic rings. The molecule has 0 heterocycles. The summed E-state index contributed by atoms with van der Waals surface area (Å²) < 4.78 is 0.949. The van der Waals surface area contributed by atoms with Gasteiger partial charge in [-0.15, -0.1) is 12.3 Å². The van der Waals surface area contributed by atoms with Gasteiger partial charge in [-0.2, -0.15) is 5.26 Å². The Labute approximate surface area is 105 Å². The summed E-state index contributed by atoms with van der Waals surface area (Å²) in [4.78, 5) is 0. The predicted octanol–water partition coefficient (Wildman–Crippen LogP) is 3.53. The first-order valence-electron chi connectivity index (χ1n) is 5.11. The van der Waals surface area contributed by atoms with Crippen molar-refractivity contribution < 1.29 is 0 Å². The van der Waals surface area contributed by atoms with E-state index in [-0.39, 0.29) is 6.04 Å². The van der Waals surface area contributed by atoms with Gasteiger partial charge in [-0.25, -0.2) is 0 Å². The van der Waals surface area contributed by atoms with Crippen molar-refractivity contribution in [2.45, 2.75) is 25.8 Å². The van der Waals surface area contributed by atoms with Crippen molar-refractivity contribution in [3.63, 3.8) is 0 Å². The molecule has 1 atom stereocenters. The van der Waals surface area contributed by atoms with E-state index >= 15 is 0 Å². The summed E-state index contributed by atoms with van der Waals surface area (Å²) in [5.41, 5.74) is 1.47. The molecule has 0 aliphatic carbocycles. The van der Waals surface area contributed by atoms with E-state index in [1.807, 2.05) is 12.1 Å². The van der Waals surface area contributed by atoms with E-state index in [2.05, 4.69) is 40.2 Å². The molecule has 0 saturated heterocycles. The molecular formula is C13H13BrN2. The van der Waals surface area contributed by atoms with Crippen LogP contribution in [0, 0.1) is 23.7 Å². The van der Waals surface area contributed by atoms with Crippen LogP contribution >= 0.6 is 15.9 Å². The average molecular weight is 277 g/mol.